The Labute approximate surface area is 83.4 Å². The summed E-state index contributed by atoms with van der Waals surface area (Å²) in [5.74, 6) is -0.217. The van der Waals surface area contributed by atoms with E-state index in [1.165, 1.54) is 6.07 Å². The highest BCUT2D eigenvalue weighted by atomic mass is 19.4. The van der Waals surface area contributed by atoms with Gasteiger partial charge in [0.15, 0.2) is 5.69 Å². The molecule has 0 saturated carbocycles. The van der Waals surface area contributed by atoms with Crippen molar-refractivity contribution < 1.29 is 18.0 Å². The fourth-order valence-electron chi connectivity index (χ4n) is 0.990. The Morgan fingerprint density at radius 1 is 1.33 bits per heavy atom. The molecule has 1 aromatic heterocycles. The molecule has 1 rings (SSSR count). The lowest BCUT2D eigenvalue weighted by Gasteiger charge is -2.09. The van der Waals surface area contributed by atoms with Crippen molar-refractivity contribution in [1.29, 1.82) is 0 Å². The number of nitrogen functional groups attached to an aromatic ring is 1. The number of alkyl halides is 3. The molecular weight excluding hydrogens is 209 g/mol. The normalized spacial score (nSPS) is 11.9. The Kier molecular flexibility index (Phi) is 3.08. The third kappa shape index (κ3) is 2.80. The van der Waals surface area contributed by atoms with Crippen LogP contribution < -0.4 is 5.73 Å². The molecule has 6 heteroatoms. The first-order valence-electron chi connectivity index (χ1n) is 3.90. The fourth-order valence-corrected chi connectivity index (χ4v) is 0.990. The molecule has 0 aromatic carbocycles. The summed E-state index contributed by atoms with van der Waals surface area (Å²) < 4.78 is 37.2. The lowest BCUT2D eigenvalue weighted by atomic mass is 10.1. The Morgan fingerprint density at radius 2 is 2.00 bits per heavy atom. The first-order chi connectivity index (χ1) is 6.95. The molecule has 0 bridgehead atoms. The van der Waals surface area contributed by atoms with Crippen LogP contribution in [0.15, 0.2) is 18.2 Å². The van der Waals surface area contributed by atoms with E-state index < -0.39 is 11.9 Å². The summed E-state index contributed by atoms with van der Waals surface area (Å²) in [5, 5.41) is 0. The molecule has 15 heavy (non-hydrogen) atoms. The number of halogens is 3. The molecule has 0 saturated heterocycles. The van der Waals surface area contributed by atoms with Crippen LogP contribution in [-0.4, -0.2) is 11.3 Å². The number of pyridine rings is 1. The Bertz CT molecular complexity index is 399. The van der Waals surface area contributed by atoms with Crippen LogP contribution in [-0.2, 0) is 11.0 Å². The number of allylic oxidation sites excluding steroid dienone is 1. The quantitative estimate of drug-likeness (QED) is 0.606. The summed E-state index contributed by atoms with van der Waals surface area (Å²) in [6, 6.07) is 2.39. The van der Waals surface area contributed by atoms with Crippen LogP contribution in [0.5, 0.6) is 0 Å². The second-order valence-corrected chi connectivity index (χ2v) is 2.67. The molecule has 0 fully saturated rings. The fraction of sp³-hybridized carbons (Fsp3) is 0.111. The van der Waals surface area contributed by atoms with E-state index in [0.717, 1.165) is 18.2 Å². The van der Waals surface area contributed by atoms with Crippen molar-refractivity contribution in [2.45, 2.75) is 6.18 Å². The van der Waals surface area contributed by atoms with Crippen LogP contribution in [0.1, 0.15) is 11.3 Å². The van der Waals surface area contributed by atoms with Crippen molar-refractivity contribution in [2.75, 3.05) is 5.73 Å². The number of rotatable bonds is 2. The molecule has 0 spiro atoms. The molecule has 1 heterocycles. The van der Waals surface area contributed by atoms with Gasteiger partial charge in [-0.05, 0) is 24.3 Å². The molecule has 0 aliphatic heterocycles. The van der Waals surface area contributed by atoms with Crippen molar-refractivity contribution in [3.8, 4) is 0 Å². The summed E-state index contributed by atoms with van der Waals surface area (Å²) in [6.07, 6.45) is -2.21. The van der Waals surface area contributed by atoms with Gasteiger partial charge in [-0.15, -0.1) is 0 Å². The molecule has 0 aliphatic carbocycles. The van der Waals surface area contributed by atoms with E-state index >= 15 is 0 Å². The van der Waals surface area contributed by atoms with E-state index in [4.69, 9.17) is 5.73 Å². The zero-order chi connectivity index (χ0) is 11.5. The van der Waals surface area contributed by atoms with Gasteiger partial charge in [0.05, 0.1) is 0 Å². The highest BCUT2D eigenvalue weighted by Gasteiger charge is 2.34. The second-order valence-electron chi connectivity index (χ2n) is 2.67. The summed E-state index contributed by atoms with van der Waals surface area (Å²) >= 11 is 0. The molecule has 0 atom stereocenters. The van der Waals surface area contributed by atoms with Crippen LogP contribution in [0.2, 0.25) is 0 Å². The predicted octanol–water partition coefficient (Wildman–Crippen LogP) is 1.89. The molecule has 0 aliphatic rings. The van der Waals surface area contributed by atoms with E-state index in [1.54, 1.807) is 0 Å². The van der Waals surface area contributed by atoms with Crippen LogP contribution in [0.4, 0.5) is 19.0 Å². The van der Waals surface area contributed by atoms with Crippen LogP contribution in [0.25, 0.3) is 6.08 Å². The number of nitrogens with two attached hydrogens (primary N) is 1. The molecule has 80 valence electrons. The minimum Gasteiger partial charge on any atom is -0.384 e. The average Bonchev–Trinajstić information content (AvgIpc) is 2.14. The van der Waals surface area contributed by atoms with Gasteiger partial charge < -0.3 is 5.73 Å². The molecule has 2 N–H and O–H groups in total. The van der Waals surface area contributed by atoms with Crippen LogP contribution in [0, 0.1) is 0 Å². The Balaban J connectivity index is 3.26. The number of nitrogens with zero attached hydrogens (tertiary/aromatic N) is 1. The molecule has 0 unspecified atom stereocenters. The minimum atomic E-state index is -4.59. The number of hydrogen-bond donors (Lipinski definition) is 1. The zero-order valence-corrected chi connectivity index (χ0v) is 7.45. The van der Waals surface area contributed by atoms with Crippen molar-refractivity contribution in [3.05, 3.63) is 29.5 Å². The van der Waals surface area contributed by atoms with Gasteiger partial charge in [0.2, 0.25) is 0 Å². The highest BCUT2D eigenvalue weighted by molar-refractivity contribution is 5.74. The maximum absolute atomic E-state index is 12.4. The largest absolute Gasteiger partial charge is 0.434 e. The third-order valence-corrected chi connectivity index (χ3v) is 1.57. The van der Waals surface area contributed by atoms with E-state index in [2.05, 4.69) is 4.98 Å². The summed E-state index contributed by atoms with van der Waals surface area (Å²) in [7, 11) is 0. The SMILES string of the molecule is Nc1ccc(C=CC=O)c(C(F)(F)F)n1. The minimum absolute atomic E-state index is 0.191. The van der Waals surface area contributed by atoms with Crippen LogP contribution >= 0.6 is 0 Å². The first kappa shape index (κ1) is 11.2. The zero-order valence-electron chi connectivity index (χ0n) is 7.45. The van der Waals surface area contributed by atoms with Gasteiger partial charge in [-0.2, -0.15) is 13.2 Å². The molecule has 1 aromatic rings. The predicted molar refractivity (Wildman–Crippen MR) is 48.7 cm³/mol. The number of aromatic nitrogens is 1. The summed E-state index contributed by atoms with van der Waals surface area (Å²) in [5.41, 5.74) is 3.86. The van der Waals surface area contributed by atoms with E-state index in [1.807, 2.05) is 0 Å². The topological polar surface area (TPSA) is 56.0 Å². The molecule has 0 amide bonds. The lowest BCUT2D eigenvalue weighted by Crippen LogP contribution is -2.11. The molecule has 0 radical (unpaired) electrons. The smallest absolute Gasteiger partial charge is 0.384 e. The number of hydrogen-bond acceptors (Lipinski definition) is 3. The van der Waals surface area contributed by atoms with Gasteiger partial charge in [0, 0.05) is 5.56 Å². The van der Waals surface area contributed by atoms with Crippen molar-refractivity contribution in [1.82, 2.24) is 4.98 Å². The molecule has 3 nitrogen and oxygen atoms in total. The lowest BCUT2D eigenvalue weighted by molar-refractivity contribution is -0.141. The van der Waals surface area contributed by atoms with Gasteiger partial charge in [0.1, 0.15) is 12.1 Å². The van der Waals surface area contributed by atoms with Crippen molar-refractivity contribution in [3.63, 3.8) is 0 Å². The maximum Gasteiger partial charge on any atom is 0.434 e. The van der Waals surface area contributed by atoms with Gasteiger partial charge in [0.25, 0.3) is 0 Å². The number of aldehydes is 1. The first-order valence-corrected chi connectivity index (χ1v) is 3.90. The third-order valence-electron chi connectivity index (χ3n) is 1.57. The number of carbonyl (C=O) groups excluding carboxylic acids is 1. The Hall–Kier alpha value is -1.85. The number of carbonyl (C=O) groups is 1. The van der Waals surface area contributed by atoms with E-state index in [9.17, 15) is 18.0 Å². The van der Waals surface area contributed by atoms with Crippen molar-refractivity contribution in [2.24, 2.45) is 0 Å². The highest BCUT2D eigenvalue weighted by Crippen LogP contribution is 2.31. The maximum atomic E-state index is 12.4. The average molecular weight is 216 g/mol. The monoisotopic (exact) mass is 216 g/mol. The number of anilines is 1. The van der Waals surface area contributed by atoms with E-state index in [0.29, 0.717) is 6.29 Å². The summed E-state index contributed by atoms with van der Waals surface area (Å²) in [4.78, 5) is 13.2. The van der Waals surface area contributed by atoms with Crippen LogP contribution in [0.3, 0.4) is 0 Å². The van der Waals surface area contributed by atoms with E-state index in [-0.39, 0.29) is 11.4 Å². The molecular formula is C9H7F3N2O. The van der Waals surface area contributed by atoms with Gasteiger partial charge in [-0.3, -0.25) is 4.79 Å². The van der Waals surface area contributed by atoms with Gasteiger partial charge in [-0.1, -0.05) is 0 Å². The second kappa shape index (κ2) is 4.12. The van der Waals surface area contributed by atoms with Crippen molar-refractivity contribution >= 4 is 18.2 Å². The van der Waals surface area contributed by atoms with Gasteiger partial charge >= 0.3 is 6.18 Å². The van der Waals surface area contributed by atoms with Gasteiger partial charge in [-0.25, -0.2) is 4.98 Å². The Morgan fingerprint density at radius 3 is 2.53 bits per heavy atom. The summed E-state index contributed by atoms with van der Waals surface area (Å²) in [6.45, 7) is 0. The standard InChI is InChI=1S/C9H7F3N2O/c10-9(11,12)8-6(2-1-5-15)3-4-7(13)14-8/h1-5H,(H2,13,14).